The lowest BCUT2D eigenvalue weighted by molar-refractivity contribution is -0.161. The van der Waals surface area contributed by atoms with E-state index >= 15 is 0 Å². The van der Waals surface area contributed by atoms with Crippen molar-refractivity contribution in [1.29, 1.82) is 0 Å². The van der Waals surface area contributed by atoms with Gasteiger partial charge in [-0.1, -0.05) is 312 Å². The Bertz CT molecular complexity index is 1780. The normalized spacial score (nSPS) is 14.2. The molecule has 5 atom stereocenters. The van der Waals surface area contributed by atoms with E-state index in [1.807, 2.05) is 0 Å². The topological polar surface area (TPSA) is 237 Å². The van der Waals surface area contributed by atoms with E-state index in [1.165, 1.54) is 161 Å². The third-order valence-electron chi connectivity index (χ3n) is 16.6. The van der Waals surface area contributed by atoms with Gasteiger partial charge in [-0.05, 0) is 43.4 Å². The number of aliphatic hydroxyl groups excluding tert-OH is 1. The van der Waals surface area contributed by atoms with E-state index < -0.39 is 97.5 Å². The molecule has 0 aromatic carbocycles. The molecule has 0 amide bonds. The van der Waals surface area contributed by atoms with Gasteiger partial charge in [-0.15, -0.1) is 0 Å². The number of ether oxygens (including phenoxy) is 4. The minimum Gasteiger partial charge on any atom is -0.462 e. The van der Waals surface area contributed by atoms with Crippen molar-refractivity contribution >= 4 is 39.5 Å². The third-order valence-corrected chi connectivity index (χ3v) is 18.5. The molecule has 0 radical (unpaired) electrons. The molecule has 0 rings (SSSR count). The van der Waals surface area contributed by atoms with Gasteiger partial charge in [-0.25, -0.2) is 9.13 Å². The molecule has 0 spiro atoms. The van der Waals surface area contributed by atoms with Crippen LogP contribution in [-0.2, 0) is 65.4 Å². The molecule has 2 unspecified atom stereocenters. The quantitative estimate of drug-likeness (QED) is 0.0222. The number of phosphoric acid groups is 2. The predicted octanol–water partition coefficient (Wildman–Crippen LogP) is 20.6. The van der Waals surface area contributed by atoms with Gasteiger partial charge in [0.25, 0.3) is 0 Å². The van der Waals surface area contributed by atoms with Crippen molar-refractivity contribution in [3.8, 4) is 0 Å². The summed E-state index contributed by atoms with van der Waals surface area (Å²) in [6.45, 7) is 11.8. The molecule has 540 valence electrons. The van der Waals surface area contributed by atoms with E-state index in [4.69, 9.17) is 37.0 Å². The summed E-state index contributed by atoms with van der Waals surface area (Å²) in [6.07, 6.45) is 47.4. The minimum absolute atomic E-state index is 0.105. The molecular weight excluding hydrogens is 1200 g/mol. The molecule has 0 aromatic rings. The van der Waals surface area contributed by atoms with E-state index in [9.17, 15) is 43.2 Å². The number of carbonyl (C=O) groups is 4. The SMILES string of the molecule is CCCCCCCCCC(=O)OC[C@H](COP(=O)(O)OC[C@H](O)COP(=O)(O)OC[C@@H](COC(=O)CCCCCCCCCCCCC(C)C)OC(=O)CCCCCCCCCCCCCCCCCCC(C)C)OC(=O)CCCCCCCCCCCC(C)C. The highest BCUT2D eigenvalue weighted by Gasteiger charge is 2.30. The van der Waals surface area contributed by atoms with Gasteiger partial charge in [0.15, 0.2) is 12.2 Å². The summed E-state index contributed by atoms with van der Waals surface area (Å²) in [5, 5.41) is 10.6. The molecule has 3 N–H and O–H groups in total. The van der Waals surface area contributed by atoms with Gasteiger partial charge >= 0.3 is 39.5 Å². The number of phosphoric ester groups is 2. The first-order valence-corrected chi connectivity index (χ1v) is 40.3. The molecule has 0 aliphatic rings. The van der Waals surface area contributed by atoms with E-state index in [0.29, 0.717) is 25.7 Å². The second-order valence-corrected chi connectivity index (χ2v) is 30.3. The Balaban J connectivity index is 5.19. The van der Waals surface area contributed by atoms with Crippen LogP contribution in [0, 0.1) is 17.8 Å². The Kier molecular flexibility index (Phi) is 61.5. The lowest BCUT2D eigenvalue weighted by atomic mass is 10.0. The lowest BCUT2D eigenvalue weighted by Gasteiger charge is -2.21. The van der Waals surface area contributed by atoms with Crippen LogP contribution in [-0.4, -0.2) is 96.7 Å². The van der Waals surface area contributed by atoms with E-state index in [-0.39, 0.29) is 25.7 Å². The first kappa shape index (κ1) is 89.1. The Morgan fingerprint density at radius 1 is 0.297 bits per heavy atom. The van der Waals surface area contributed by atoms with Gasteiger partial charge in [0, 0.05) is 25.7 Å². The average Bonchev–Trinajstić information content (AvgIpc) is 2.37. The molecule has 0 bridgehead atoms. The lowest BCUT2D eigenvalue weighted by Crippen LogP contribution is -2.30. The predicted molar refractivity (Wildman–Crippen MR) is 368 cm³/mol. The Labute approximate surface area is 556 Å². The molecule has 0 heterocycles. The summed E-state index contributed by atoms with van der Waals surface area (Å²) in [6, 6.07) is 0. The molecule has 91 heavy (non-hydrogen) atoms. The molecule has 0 aliphatic carbocycles. The smallest absolute Gasteiger partial charge is 0.462 e. The number of unbranched alkanes of at least 4 members (excludes halogenated alkanes) is 38. The molecule has 19 heteroatoms. The summed E-state index contributed by atoms with van der Waals surface area (Å²) in [5.41, 5.74) is 0. The summed E-state index contributed by atoms with van der Waals surface area (Å²) >= 11 is 0. The highest BCUT2D eigenvalue weighted by Crippen LogP contribution is 2.45. The van der Waals surface area contributed by atoms with Crippen LogP contribution in [0.4, 0.5) is 0 Å². The molecule has 0 fully saturated rings. The fourth-order valence-corrected chi connectivity index (χ4v) is 12.5. The monoisotopic (exact) mass is 1340 g/mol. The van der Waals surface area contributed by atoms with Crippen molar-refractivity contribution in [2.75, 3.05) is 39.6 Å². The van der Waals surface area contributed by atoms with E-state index in [2.05, 4.69) is 48.5 Å². The first-order valence-electron chi connectivity index (χ1n) is 37.3. The van der Waals surface area contributed by atoms with Crippen molar-refractivity contribution < 1.29 is 80.2 Å². The van der Waals surface area contributed by atoms with Gasteiger partial charge in [0.1, 0.15) is 19.3 Å². The second kappa shape index (κ2) is 62.8. The van der Waals surface area contributed by atoms with E-state index in [0.717, 1.165) is 120 Å². The first-order chi connectivity index (χ1) is 43.7. The Morgan fingerprint density at radius 3 is 0.747 bits per heavy atom. The number of carbonyl (C=O) groups excluding carboxylic acids is 4. The maximum absolute atomic E-state index is 13.0. The van der Waals surface area contributed by atoms with Crippen LogP contribution >= 0.6 is 15.6 Å². The van der Waals surface area contributed by atoms with Crippen LogP contribution in [0.5, 0.6) is 0 Å². The van der Waals surface area contributed by atoms with E-state index in [1.54, 1.807) is 0 Å². The summed E-state index contributed by atoms with van der Waals surface area (Å²) in [7, 11) is -9.90. The zero-order valence-electron chi connectivity index (χ0n) is 59.3. The van der Waals surface area contributed by atoms with Gasteiger partial charge in [0.05, 0.1) is 26.4 Å². The molecular formula is C72H140O17P2. The number of hydrogen-bond donors (Lipinski definition) is 3. The summed E-state index contributed by atoms with van der Waals surface area (Å²) < 4.78 is 68.2. The zero-order chi connectivity index (χ0) is 67.3. The third kappa shape index (κ3) is 66.5. The van der Waals surface area contributed by atoms with Crippen molar-refractivity contribution in [1.82, 2.24) is 0 Å². The van der Waals surface area contributed by atoms with Gasteiger partial charge < -0.3 is 33.8 Å². The zero-order valence-corrected chi connectivity index (χ0v) is 61.1. The van der Waals surface area contributed by atoms with Crippen LogP contribution in [0.3, 0.4) is 0 Å². The number of rotatable bonds is 70. The van der Waals surface area contributed by atoms with Crippen LogP contribution in [0.2, 0.25) is 0 Å². The average molecular weight is 1340 g/mol. The summed E-state index contributed by atoms with van der Waals surface area (Å²) in [5.74, 6) is 0.176. The minimum atomic E-state index is -4.95. The van der Waals surface area contributed by atoms with Gasteiger partial charge in [-0.2, -0.15) is 0 Å². The maximum atomic E-state index is 13.0. The maximum Gasteiger partial charge on any atom is 0.472 e. The van der Waals surface area contributed by atoms with Crippen LogP contribution in [0.1, 0.15) is 363 Å². The fraction of sp³-hybridized carbons (Fsp3) is 0.944. The highest BCUT2D eigenvalue weighted by molar-refractivity contribution is 7.47. The highest BCUT2D eigenvalue weighted by atomic mass is 31.2. The molecule has 0 saturated carbocycles. The number of hydrogen-bond acceptors (Lipinski definition) is 15. The van der Waals surface area contributed by atoms with Crippen LogP contribution in [0.25, 0.3) is 0 Å². The Hall–Kier alpha value is -1.94. The standard InChI is InChI=1S/C72H140O17P2/c1-8-9-10-11-29-39-46-53-69(74)82-59-67(88-72(77)56-49-42-35-28-22-25-32-38-45-52-65(6)7)61-86-90(78,79)84-57-66(73)58-85-91(80,81)87-62-68(60-83-70(75)54-47-40-33-26-21-20-24-31-37-44-51-64(4)5)89-71(76)55-48-41-34-27-19-17-15-13-12-14-16-18-23-30-36-43-50-63(2)3/h63-68,73H,8-62H2,1-7H3,(H,78,79)(H,80,81)/t66-,67+,68+/m0/s1. The van der Waals surface area contributed by atoms with Crippen molar-refractivity contribution in [3.05, 3.63) is 0 Å². The molecule has 17 nitrogen and oxygen atoms in total. The molecule has 0 saturated heterocycles. The van der Waals surface area contributed by atoms with Gasteiger partial charge in [-0.3, -0.25) is 37.3 Å². The number of esters is 4. The van der Waals surface area contributed by atoms with Gasteiger partial charge in [0.2, 0.25) is 0 Å². The molecule has 0 aromatic heterocycles. The Morgan fingerprint density at radius 2 is 0.505 bits per heavy atom. The number of aliphatic hydroxyl groups is 1. The second-order valence-electron chi connectivity index (χ2n) is 27.4. The van der Waals surface area contributed by atoms with Crippen molar-refractivity contribution in [2.24, 2.45) is 17.8 Å². The summed E-state index contributed by atoms with van der Waals surface area (Å²) in [4.78, 5) is 72.5. The van der Waals surface area contributed by atoms with Crippen molar-refractivity contribution in [3.63, 3.8) is 0 Å². The fourth-order valence-electron chi connectivity index (χ4n) is 10.9. The van der Waals surface area contributed by atoms with Crippen molar-refractivity contribution in [2.45, 2.75) is 381 Å². The van der Waals surface area contributed by atoms with Crippen LogP contribution < -0.4 is 0 Å². The van der Waals surface area contributed by atoms with Crippen LogP contribution in [0.15, 0.2) is 0 Å². The largest absolute Gasteiger partial charge is 0.472 e. The molecule has 0 aliphatic heterocycles.